The highest BCUT2D eigenvalue weighted by Crippen LogP contribution is 2.27. The van der Waals surface area contributed by atoms with Crippen molar-refractivity contribution < 1.29 is 23.5 Å². The van der Waals surface area contributed by atoms with E-state index in [-0.39, 0.29) is 10.7 Å². The van der Waals surface area contributed by atoms with E-state index < -0.39 is 17.8 Å². The Labute approximate surface area is 160 Å². The van der Waals surface area contributed by atoms with Crippen LogP contribution in [0.5, 0.6) is 0 Å². The van der Waals surface area contributed by atoms with Crippen molar-refractivity contribution in [2.75, 3.05) is 13.7 Å². The quantitative estimate of drug-likeness (QED) is 0.377. The molecule has 1 fully saturated rings. The zero-order valence-electron chi connectivity index (χ0n) is 14.6. The minimum Gasteiger partial charge on any atom is -0.465 e. The number of carbonyl (C=O) groups excluding carboxylic acids is 3. The summed E-state index contributed by atoms with van der Waals surface area (Å²) in [6.45, 7) is 2.10. The summed E-state index contributed by atoms with van der Waals surface area (Å²) in [7, 11) is 1.30. The molecule has 2 aromatic rings. The number of likely N-dealkylation sites (N-methyl/N-ethyl adjacent to an activating group) is 1. The van der Waals surface area contributed by atoms with E-state index in [1.165, 1.54) is 18.1 Å². The summed E-state index contributed by atoms with van der Waals surface area (Å²) < 4.78 is 10.5. The molecule has 1 saturated heterocycles. The molecular weight excluding hydrogens is 368 g/mol. The molecule has 0 spiro atoms. The van der Waals surface area contributed by atoms with E-state index in [4.69, 9.17) is 21.4 Å². The first-order valence-electron chi connectivity index (χ1n) is 8.12. The molecule has 0 atom stereocenters. The highest BCUT2D eigenvalue weighted by atomic mass is 32.1. The van der Waals surface area contributed by atoms with Gasteiger partial charge in [0.1, 0.15) is 17.1 Å². The summed E-state index contributed by atoms with van der Waals surface area (Å²) in [5, 5.41) is 2.56. The number of esters is 1. The Morgan fingerprint density at radius 1 is 1.26 bits per heavy atom. The molecular formula is C19H16N2O5S. The van der Waals surface area contributed by atoms with Crippen LogP contribution in [0.25, 0.3) is 17.4 Å². The Balaban J connectivity index is 1.96. The number of rotatable bonds is 4. The minimum atomic E-state index is -0.581. The molecule has 1 N–H and O–H groups in total. The first kappa shape index (κ1) is 18.5. The molecule has 7 nitrogen and oxygen atoms in total. The van der Waals surface area contributed by atoms with Gasteiger partial charge in [0.2, 0.25) is 0 Å². The summed E-state index contributed by atoms with van der Waals surface area (Å²) in [5.74, 6) is -0.848. The molecule has 0 unspecified atom stereocenters. The first-order valence-corrected chi connectivity index (χ1v) is 8.53. The van der Waals surface area contributed by atoms with Crippen molar-refractivity contribution >= 4 is 41.2 Å². The SMILES string of the molecule is CCN1C(=O)/C(=C/c2ccc(-c3ccccc3C(=O)OC)o2)C(=O)NC1=S. The summed E-state index contributed by atoms with van der Waals surface area (Å²) in [5.41, 5.74) is 0.819. The summed E-state index contributed by atoms with van der Waals surface area (Å²) in [4.78, 5) is 37.8. The molecule has 3 rings (SSSR count). The van der Waals surface area contributed by atoms with E-state index in [1.807, 2.05) is 0 Å². The van der Waals surface area contributed by atoms with Crippen molar-refractivity contribution in [1.82, 2.24) is 10.2 Å². The number of furan rings is 1. The van der Waals surface area contributed by atoms with Crippen molar-refractivity contribution in [2.24, 2.45) is 0 Å². The lowest BCUT2D eigenvalue weighted by Gasteiger charge is -2.27. The molecule has 2 amide bonds. The molecule has 1 aliphatic rings. The van der Waals surface area contributed by atoms with Crippen LogP contribution in [0.3, 0.4) is 0 Å². The van der Waals surface area contributed by atoms with Crippen LogP contribution in [-0.2, 0) is 14.3 Å². The second-order valence-corrected chi connectivity index (χ2v) is 5.99. The maximum Gasteiger partial charge on any atom is 0.338 e. The largest absolute Gasteiger partial charge is 0.465 e. The second-order valence-electron chi connectivity index (χ2n) is 5.61. The van der Waals surface area contributed by atoms with Gasteiger partial charge in [-0.2, -0.15) is 0 Å². The molecule has 27 heavy (non-hydrogen) atoms. The number of nitrogens with zero attached hydrogens (tertiary/aromatic N) is 1. The predicted octanol–water partition coefficient (Wildman–Crippen LogP) is 2.38. The average Bonchev–Trinajstić information content (AvgIpc) is 3.13. The Morgan fingerprint density at radius 2 is 2.00 bits per heavy atom. The van der Waals surface area contributed by atoms with Gasteiger partial charge in [0.05, 0.1) is 12.7 Å². The molecule has 2 heterocycles. The molecule has 1 aromatic heterocycles. The van der Waals surface area contributed by atoms with Gasteiger partial charge in [0.15, 0.2) is 5.11 Å². The van der Waals surface area contributed by atoms with E-state index >= 15 is 0 Å². The lowest BCUT2D eigenvalue weighted by atomic mass is 10.1. The number of nitrogens with one attached hydrogen (secondary N) is 1. The summed E-state index contributed by atoms with van der Waals surface area (Å²) in [6.07, 6.45) is 1.35. The Morgan fingerprint density at radius 3 is 2.70 bits per heavy atom. The van der Waals surface area contributed by atoms with E-state index in [1.54, 1.807) is 43.3 Å². The number of ether oxygens (including phenoxy) is 1. The third-order valence-electron chi connectivity index (χ3n) is 4.01. The van der Waals surface area contributed by atoms with Gasteiger partial charge in [-0.05, 0) is 43.4 Å². The van der Waals surface area contributed by atoms with Gasteiger partial charge in [-0.3, -0.25) is 19.8 Å². The van der Waals surface area contributed by atoms with Crippen LogP contribution >= 0.6 is 12.2 Å². The number of methoxy groups -OCH3 is 1. The number of amides is 2. The number of thiocarbonyl (C=S) groups is 1. The second kappa shape index (κ2) is 7.55. The fourth-order valence-electron chi connectivity index (χ4n) is 2.68. The van der Waals surface area contributed by atoms with Crippen LogP contribution in [0.4, 0.5) is 0 Å². The van der Waals surface area contributed by atoms with Gasteiger partial charge in [-0.1, -0.05) is 18.2 Å². The average molecular weight is 384 g/mol. The molecule has 0 saturated carbocycles. The molecule has 0 aliphatic carbocycles. The van der Waals surface area contributed by atoms with Crippen LogP contribution in [0.2, 0.25) is 0 Å². The summed E-state index contributed by atoms with van der Waals surface area (Å²) in [6, 6.07) is 10.1. The van der Waals surface area contributed by atoms with Crippen molar-refractivity contribution in [2.45, 2.75) is 6.92 Å². The predicted molar refractivity (Wildman–Crippen MR) is 102 cm³/mol. The maximum atomic E-state index is 12.4. The highest BCUT2D eigenvalue weighted by molar-refractivity contribution is 7.80. The van der Waals surface area contributed by atoms with Gasteiger partial charge in [-0.25, -0.2) is 4.79 Å². The molecule has 1 aliphatic heterocycles. The Bertz CT molecular complexity index is 976. The van der Waals surface area contributed by atoms with E-state index in [9.17, 15) is 14.4 Å². The zero-order valence-corrected chi connectivity index (χ0v) is 15.5. The zero-order chi connectivity index (χ0) is 19.6. The molecule has 0 bridgehead atoms. The fraction of sp³-hybridized carbons (Fsp3) is 0.158. The number of carbonyl (C=O) groups is 3. The Kier molecular flexibility index (Phi) is 5.18. The number of hydrogen-bond acceptors (Lipinski definition) is 6. The highest BCUT2D eigenvalue weighted by Gasteiger charge is 2.32. The van der Waals surface area contributed by atoms with Gasteiger partial charge in [0, 0.05) is 12.1 Å². The van der Waals surface area contributed by atoms with Gasteiger partial charge < -0.3 is 9.15 Å². The van der Waals surface area contributed by atoms with Crippen molar-refractivity contribution in [3.05, 3.63) is 53.3 Å². The van der Waals surface area contributed by atoms with Crippen molar-refractivity contribution in [3.63, 3.8) is 0 Å². The topological polar surface area (TPSA) is 88.8 Å². The van der Waals surface area contributed by atoms with Crippen molar-refractivity contribution in [1.29, 1.82) is 0 Å². The normalized spacial score (nSPS) is 15.9. The first-order chi connectivity index (χ1) is 13.0. The van der Waals surface area contributed by atoms with Crippen LogP contribution in [0.1, 0.15) is 23.0 Å². The standard InChI is InChI=1S/C19H16N2O5S/c1-3-21-17(23)14(16(22)20-19(21)27)10-11-8-9-15(26-11)12-6-4-5-7-13(12)18(24)25-2/h4-10H,3H2,1-2H3,(H,20,22,27)/b14-10+. The maximum absolute atomic E-state index is 12.4. The summed E-state index contributed by atoms with van der Waals surface area (Å²) >= 11 is 4.99. The monoisotopic (exact) mass is 384 g/mol. The fourth-order valence-corrected chi connectivity index (χ4v) is 2.99. The van der Waals surface area contributed by atoms with Crippen LogP contribution in [-0.4, -0.2) is 41.5 Å². The molecule has 8 heteroatoms. The third-order valence-corrected chi connectivity index (χ3v) is 4.34. The van der Waals surface area contributed by atoms with Gasteiger partial charge in [0.25, 0.3) is 11.8 Å². The van der Waals surface area contributed by atoms with Crippen molar-refractivity contribution in [3.8, 4) is 11.3 Å². The smallest absolute Gasteiger partial charge is 0.338 e. The van der Waals surface area contributed by atoms with E-state index in [0.717, 1.165) is 0 Å². The number of benzene rings is 1. The van der Waals surface area contributed by atoms with Gasteiger partial charge >= 0.3 is 5.97 Å². The lowest BCUT2D eigenvalue weighted by molar-refractivity contribution is -0.128. The van der Waals surface area contributed by atoms with Crippen LogP contribution < -0.4 is 5.32 Å². The van der Waals surface area contributed by atoms with Crippen LogP contribution in [0.15, 0.2) is 46.4 Å². The molecule has 138 valence electrons. The molecule has 1 aromatic carbocycles. The van der Waals surface area contributed by atoms with E-state index in [2.05, 4.69) is 5.32 Å². The minimum absolute atomic E-state index is 0.0763. The van der Waals surface area contributed by atoms with Gasteiger partial charge in [-0.15, -0.1) is 0 Å². The van der Waals surface area contributed by atoms with E-state index in [0.29, 0.717) is 29.2 Å². The van der Waals surface area contributed by atoms with Crippen LogP contribution in [0, 0.1) is 0 Å². The number of hydrogen-bond donors (Lipinski definition) is 1. The molecule has 0 radical (unpaired) electrons. The third kappa shape index (κ3) is 3.52. The lowest BCUT2D eigenvalue weighted by Crippen LogP contribution is -2.53. The Hall–Kier alpha value is -3.26.